The summed E-state index contributed by atoms with van der Waals surface area (Å²) >= 11 is 0. The smallest absolute Gasteiger partial charge is 0.308 e. The maximum absolute atomic E-state index is 13.2. The second-order valence-electron chi connectivity index (χ2n) is 3.48. The van der Waals surface area contributed by atoms with Crippen molar-refractivity contribution >= 4 is 16.7 Å². The first-order chi connectivity index (χ1) is 8.46. The van der Waals surface area contributed by atoms with E-state index in [1.807, 2.05) is 0 Å². The van der Waals surface area contributed by atoms with Crippen molar-refractivity contribution < 1.29 is 17.6 Å². The SMILES string of the molecule is NNc1nc(C(F)(F)C(F)F)nc2ccccc12. The van der Waals surface area contributed by atoms with Gasteiger partial charge in [-0.25, -0.2) is 24.6 Å². The standard InChI is InChI=1S/C10H8F4N4/c11-8(12)10(13,14)9-16-6-4-2-1-3-5(6)7(17-9)18-15/h1-4,8H,15H2,(H,16,17,18). The van der Waals surface area contributed by atoms with Crippen LogP contribution in [0.5, 0.6) is 0 Å². The van der Waals surface area contributed by atoms with Gasteiger partial charge in [0.25, 0.3) is 0 Å². The van der Waals surface area contributed by atoms with Crippen LogP contribution in [-0.4, -0.2) is 16.4 Å². The van der Waals surface area contributed by atoms with Crippen LogP contribution < -0.4 is 11.3 Å². The number of nitrogens with one attached hydrogen (secondary N) is 1. The molecule has 2 rings (SSSR count). The van der Waals surface area contributed by atoms with Crippen molar-refractivity contribution in [2.75, 3.05) is 5.43 Å². The molecule has 0 spiro atoms. The number of para-hydroxylation sites is 1. The normalized spacial score (nSPS) is 12.1. The zero-order valence-corrected chi connectivity index (χ0v) is 8.87. The molecule has 0 aliphatic rings. The van der Waals surface area contributed by atoms with Crippen LogP contribution in [0.25, 0.3) is 10.9 Å². The highest BCUT2D eigenvalue weighted by Crippen LogP contribution is 2.34. The zero-order valence-electron chi connectivity index (χ0n) is 8.87. The first-order valence-electron chi connectivity index (χ1n) is 4.86. The van der Waals surface area contributed by atoms with E-state index in [4.69, 9.17) is 5.84 Å². The molecule has 1 aromatic heterocycles. The fraction of sp³-hybridized carbons (Fsp3) is 0.200. The van der Waals surface area contributed by atoms with Gasteiger partial charge in [0, 0.05) is 5.39 Å². The van der Waals surface area contributed by atoms with Gasteiger partial charge in [0.2, 0.25) is 5.82 Å². The molecule has 0 bridgehead atoms. The zero-order chi connectivity index (χ0) is 13.3. The number of hydrogen-bond acceptors (Lipinski definition) is 4. The molecule has 3 N–H and O–H groups in total. The Morgan fingerprint density at radius 1 is 1.17 bits per heavy atom. The van der Waals surface area contributed by atoms with Gasteiger partial charge in [-0.05, 0) is 12.1 Å². The number of halogens is 4. The Balaban J connectivity index is 2.68. The number of hydrogen-bond donors (Lipinski definition) is 2. The predicted molar refractivity (Wildman–Crippen MR) is 57.2 cm³/mol. The van der Waals surface area contributed by atoms with Crippen LogP contribution in [0.3, 0.4) is 0 Å². The number of benzene rings is 1. The third kappa shape index (κ3) is 1.94. The number of rotatable bonds is 3. The molecule has 0 aliphatic heterocycles. The lowest BCUT2D eigenvalue weighted by molar-refractivity contribution is -0.140. The minimum Gasteiger partial charge on any atom is -0.308 e. The largest absolute Gasteiger partial charge is 0.365 e. The van der Waals surface area contributed by atoms with Crippen LogP contribution in [0, 0.1) is 0 Å². The molecule has 0 saturated carbocycles. The average molecular weight is 260 g/mol. The summed E-state index contributed by atoms with van der Waals surface area (Å²) in [5, 5.41) is 0.369. The summed E-state index contributed by atoms with van der Waals surface area (Å²) in [5.74, 6) is -0.678. The van der Waals surface area contributed by atoms with Crippen LogP contribution in [-0.2, 0) is 5.92 Å². The summed E-state index contributed by atoms with van der Waals surface area (Å²) in [5.41, 5.74) is 2.20. The van der Waals surface area contributed by atoms with E-state index in [2.05, 4.69) is 15.4 Å². The van der Waals surface area contributed by atoms with Crippen molar-refractivity contribution in [2.45, 2.75) is 12.3 Å². The summed E-state index contributed by atoms with van der Waals surface area (Å²) in [6.45, 7) is 0. The van der Waals surface area contributed by atoms with E-state index in [-0.39, 0.29) is 11.3 Å². The summed E-state index contributed by atoms with van der Waals surface area (Å²) in [7, 11) is 0. The molecule has 1 aromatic carbocycles. The van der Waals surface area contributed by atoms with E-state index >= 15 is 0 Å². The topological polar surface area (TPSA) is 63.8 Å². The number of hydrazine groups is 1. The van der Waals surface area contributed by atoms with Gasteiger partial charge in [0.15, 0.2) is 5.82 Å². The molecular formula is C10H8F4N4. The Bertz CT molecular complexity index is 573. The van der Waals surface area contributed by atoms with Crippen molar-refractivity contribution in [2.24, 2.45) is 5.84 Å². The molecule has 0 unspecified atom stereocenters. The van der Waals surface area contributed by atoms with Crippen LogP contribution in [0.4, 0.5) is 23.4 Å². The van der Waals surface area contributed by atoms with E-state index in [9.17, 15) is 17.6 Å². The van der Waals surface area contributed by atoms with Gasteiger partial charge in [0.05, 0.1) is 5.52 Å². The Labute approximate surface area is 98.8 Å². The number of fused-ring (bicyclic) bond motifs is 1. The van der Waals surface area contributed by atoms with Gasteiger partial charge in [-0.3, -0.25) is 0 Å². The number of alkyl halides is 4. The molecule has 4 nitrogen and oxygen atoms in total. The van der Waals surface area contributed by atoms with Gasteiger partial charge in [-0.2, -0.15) is 8.78 Å². The summed E-state index contributed by atoms with van der Waals surface area (Å²) in [6.07, 6.45) is -3.88. The highest BCUT2D eigenvalue weighted by molar-refractivity contribution is 5.88. The van der Waals surface area contributed by atoms with Crippen molar-refractivity contribution in [3.63, 3.8) is 0 Å². The molecule has 0 radical (unpaired) electrons. The maximum atomic E-state index is 13.2. The highest BCUT2D eigenvalue weighted by atomic mass is 19.3. The van der Waals surface area contributed by atoms with E-state index in [0.29, 0.717) is 5.39 Å². The Hall–Kier alpha value is -1.96. The Morgan fingerprint density at radius 2 is 1.83 bits per heavy atom. The molecular weight excluding hydrogens is 252 g/mol. The van der Waals surface area contributed by atoms with Gasteiger partial charge in [-0.1, -0.05) is 12.1 Å². The van der Waals surface area contributed by atoms with Crippen LogP contribution >= 0.6 is 0 Å². The number of nitrogen functional groups attached to an aromatic ring is 1. The van der Waals surface area contributed by atoms with Crippen molar-refractivity contribution in [1.82, 2.24) is 9.97 Å². The first kappa shape index (κ1) is 12.5. The van der Waals surface area contributed by atoms with Crippen LogP contribution in [0.15, 0.2) is 24.3 Å². The minimum atomic E-state index is -4.42. The molecule has 0 saturated heterocycles. The minimum absolute atomic E-state index is 0.107. The quantitative estimate of drug-likeness (QED) is 0.505. The van der Waals surface area contributed by atoms with Crippen molar-refractivity contribution in [1.29, 1.82) is 0 Å². The van der Waals surface area contributed by atoms with Gasteiger partial charge < -0.3 is 5.43 Å². The number of nitrogens with two attached hydrogens (primary N) is 1. The second-order valence-corrected chi connectivity index (χ2v) is 3.48. The fourth-order valence-corrected chi connectivity index (χ4v) is 1.43. The van der Waals surface area contributed by atoms with Gasteiger partial charge in [-0.15, -0.1) is 0 Å². The Kier molecular flexibility index (Phi) is 3.04. The molecule has 18 heavy (non-hydrogen) atoms. The van der Waals surface area contributed by atoms with Gasteiger partial charge in [0.1, 0.15) is 0 Å². The van der Waals surface area contributed by atoms with E-state index < -0.39 is 18.2 Å². The molecule has 1 heterocycles. The van der Waals surface area contributed by atoms with Crippen molar-refractivity contribution in [3.8, 4) is 0 Å². The lowest BCUT2D eigenvalue weighted by Gasteiger charge is -2.15. The van der Waals surface area contributed by atoms with E-state index in [0.717, 1.165) is 0 Å². The second kappa shape index (κ2) is 4.37. The summed E-state index contributed by atoms with van der Waals surface area (Å²) < 4.78 is 50.9. The monoisotopic (exact) mass is 260 g/mol. The first-order valence-corrected chi connectivity index (χ1v) is 4.86. The third-order valence-electron chi connectivity index (χ3n) is 2.31. The number of nitrogens with zero attached hydrogens (tertiary/aromatic N) is 2. The molecule has 0 fully saturated rings. The molecule has 2 aromatic rings. The molecule has 96 valence electrons. The average Bonchev–Trinajstić information content (AvgIpc) is 2.37. The Morgan fingerprint density at radius 3 is 2.44 bits per heavy atom. The number of aromatic nitrogens is 2. The molecule has 0 atom stereocenters. The van der Waals surface area contributed by atoms with E-state index in [1.54, 1.807) is 12.1 Å². The highest BCUT2D eigenvalue weighted by Gasteiger charge is 2.46. The van der Waals surface area contributed by atoms with Crippen molar-refractivity contribution in [3.05, 3.63) is 30.1 Å². The predicted octanol–water partition coefficient (Wildman–Crippen LogP) is 2.27. The molecule has 8 heteroatoms. The van der Waals surface area contributed by atoms with Crippen LogP contribution in [0.1, 0.15) is 5.82 Å². The van der Waals surface area contributed by atoms with Gasteiger partial charge >= 0.3 is 12.3 Å². The lowest BCUT2D eigenvalue weighted by atomic mass is 10.2. The lowest BCUT2D eigenvalue weighted by Crippen LogP contribution is -2.27. The molecule has 0 amide bonds. The fourth-order valence-electron chi connectivity index (χ4n) is 1.43. The summed E-state index contributed by atoms with van der Waals surface area (Å²) in [6, 6.07) is 6.11. The van der Waals surface area contributed by atoms with E-state index in [1.165, 1.54) is 12.1 Å². The third-order valence-corrected chi connectivity index (χ3v) is 2.31. The molecule has 0 aliphatic carbocycles. The number of anilines is 1. The van der Waals surface area contributed by atoms with Crippen LogP contribution in [0.2, 0.25) is 0 Å². The maximum Gasteiger partial charge on any atom is 0.365 e. The summed E-state index contributed by atoms with van der Waals surface area (Å²) in [4.78, 5) is 6.78.